The maximum Gasteiger partial charge on any atom is 0.409 e. The van der Waals surface area contributed by atoms with Gasteiger partial charge in [-0.1, -0.05) is 42.3 Å². The monoisotopic (exact) mass is 772 g/mol. The lowest BCUT2D eigenvalue weighted by atomic mass is 9.83. The quantitative estimate of drug-likeness (QED) is 0.199. The van der Waals surface area contributed by atoms with E-state index in [2.05, 4.69) is 5.32 Å². The average molecular weight is 773 g/mol. The highest BCUT2D eigenvalue weighted by Gasteiger charge is 2.64. The third kappa shape index (κ3) is 8.84. The number of nitrogens with one attached hydrogen (secondary N) is 1. The van der Waals surface area contributed by atoms with Crippen LogP contribution in [0.1, 0.15) is 51.7 Å². The third-order valence-electron chi connectivity index (χ3n) is 10.6. The zero-order valence-corrected chi connectivity index (χ0v) is 32.6. The molecule has 3 heterocycles. The number of epoxide rings is 1. The number of methoxy groups -OCH3 is 2. The molecule has 2 aromatic carbocycles. The van der Waals surface area contributed by atoms with Gasteiger partial charge in [0.25, 0.3) is 0 Å². The molecule has 2 aromatic rings. The van der Waals surface area contributed by atoms with Crippen molar-refractivity contribution in [3.63, 3.8) is 0 Å². The van der Waals surface area contributed by atoms with E-state index in [0.717, 1.165) is 11.1 Å². The number of nitrogens with two attached hydrogens (primary N) is 1. The molecule has 294 valence electrons. The van der Waals surface area contributed by atoms with E-state index < -0.39 is 71.5 Å². The Balaban J connectivity index is 1.51. The molecule has 0 aliphatic carbocycles. The van der Waals surface area contributed by atoms with Gasteiger partial charge >= 0.3 is 12.1 Å². The maximum atomic E-state index is 14.2. The second-order valence-electron chi connectivity index (χ2n) is 14.7. The van der Waals surface area contributed by atoms with Crippen LogP contribution in [0.3, 0.4) is 0 Å². The fourth-order valence-corrected chi connectivity index (χ4v) is 7.53. The summed E-state index contributed by atoms with van der Waals surface area (Å²) in [7, 11) is 6.19. The van der Waals surface area contributed by atoms with Gasteiger partial charge in [0.2, 0.25) is 5.91 Å². The summed E-state index contributed by atoms with van der Waals surface area (Å²) in [6, 6.07) is 6.92. The van der Waals surface area contributed by atoms with Gasteiger partial charge in [-0.2, -0.15) is 0 Å². The zero-order chi connectivity index (χ0) is 39.7. The lowest BCUT2D eigenvalue weighted by molar-refractivity contribution is -0.159. The van der Waals surface area contributed by atoms with E-state index in [1.165, 1.54) is 31.3 Å². The minimum absolute atomic E-state index is 0.0515. The Morgan fingerprint density at radius 1 is 1.24 bits per heavy atom. The summed E-state index contributed by atoms with van der Waals surface area (Å²) in [6.45, 7) is 7.28. The van der Waals surface area contributed by atoms with Crippen molar-refractivity contribution in [2.24, 2.45) is 5.92 Å². The van der Waals surface area contributed by atoms with Gasteiger partial charge in [0, 0.05) is 38.7 Å². The topological polar surface area (TPSA) is 165 Å². The summed E-state index contributed by atoms with van der Waals surface area (Å²) in [6.07, 6.45) is 0.965. The van der Waals surface area contributed by atoms with Gasteiger partial charge in [-0.25, -0.2) is 9.18 Å². The lowest BCUT2D eigenvalue weighted by Crippen LogP contribution is -2.63. The molecule has 54 heavy (non-hydrogen) atoms. The van der Waals surface area contributed by atoms with Gasteiger partial charge in [0.1, 0.15) is 46.5 Å². The van der Waals surface area contributed by atoms with Crippen LogP contribution in [0.15, 0.2) is 54.1 Å². The van der Waals surface area contributed by atoms with Crippen LogP contribution in [-0.2, 0) is 41.5 Å². The van der Waals surface area contributed by atoms with Crippen molar-refractivity contribution < 1.29 is 47.6 Å². The van der Waals surface area contributed by atoms with Crippen molar-refractivity contribution in [1.29, 1.82) is 0 Å². The molecule has 0 radical (unpaired) electrons. The molecule has 4 N–H and O–H groups in total. The summed E-state index contributed by atoms with van der Waals surface area (Å²) >= 11 is 6.77. The van der Waals surface area contributed by atoms with Crippen LogP contribution in [0.4, 0.5) is 20.6 Å². The normalized spacial score (nSPS) is 31.0. The summed E-state index contributed by atoms with van der Waals surface area (Å²) < 4.78 is 43.4. The Hall–Kier alpha value is -4.21. The van der Waals surface area contributed by atoms with E-state index in [4.69, 9.17) is 41.0 Å². The van der Waals surface area contributed by atoms with Crippen LogP contribution in [0.5, 0.6) is 5.75 Å². The van der Waals surface area contributed by atoms with E-state index in [1.807, 2.05) is 13.0 Å². The standard InChI is InChI=1S/C39H50ClFN4O9/c1-21-10-9-11-31(51-8)39(49)19-30(52-37(48)43-39)22(2)35-38(4,54-35)32(18-33(46)45(6)28-15-24(12-21)16-29(50-7)34(28)40)53-36(47)23(3)44(5)20-25-13-26(41)17-27(42)14-25/h9-11,13-17,22-23,30-32,35,49H,12,18-20,42H2,1-8H3,(H,43,48)/b11-9+,21-10+/t22-,23+,30+,31-,32+,35+,38+,39+/m1/s1. The van der Waals surface area contributed by atoms with Gasteiger partial charge in [-0.3, -0.25) is 19.8 Å². The van der Waals surface area contributed by atoms with Crippen LogP contribution < -0.4 is 20.7 Å². The van der Waals surface area contributed by atoms with E-state index >= 15 is 0 Å². The number of allylic oxidation sites excluding steroid dienone is 3. The van der Waals surface area contributed by atoms with Crippen molar-refractivity contribution in [2.45, 2.75) is 95.3 Å². The highest BCUT2D eigenvalue weighted by atomic mass is 35.5. The number of benzene rings is 2. The van der Waals surface area contributed by atoms with E-state index in [1.54, 1.807) is 70.1 Å². The van der Waals surface area contributed by atoms with Gasteiger partial charge in [-0.05, 0) is 75.7 Å². The molecule has 0 spiro atoms. The number of ether oxygens (including phenoxy) is 5. The number of amides is 2. The molecule has 3 aliphatic rings. The number of carbonyl (C=O) groups is 3. The Kier molecular flexibility index (Phi) is 12.3. The Morgan fingerprint density at radius 2 is 1.96 bits per heavy atom. The van der Waals surface area contributed by atoms with Crippen molar-refractivity contribution in [3.8, 4) is 5.75 Å². The van der Waals surface area contributed by atoms with Gasteiger partial charge in [-0.15, -0.1) is 0 Å². The van der Waals surface area contributed by atoms with Crippen molar-refractivity contribution in [2.75, 3.05) is 38.9 Å². The zero-order valence-electron chi connectivity index (χ0n) is 31.9. The number of hydrogen-bond acceptors (Lipinski definition) is 11. The Labute approximate surface area is 320 Å². The molecular formula is C39H50ClFN4O9. The Morgan fingerprint density at radius 3 is 2.63 bits per heavy atom. The molecule has 0 unspecified atom stereocenters. The molecule has 0 aromatic heterocycles. The molecule has 3 aliphatic heterocycles. The molecule has 8 atom stereocenters. The molecule has 2 saturated heterocycles. The largest absolute Gasteiger partial charge is 0.495 e. The SMILES string of the molecule is COc1cc2cc(c1Cl)N(C)C(=O)C[C@H](OC(=O)[C@H](C)N(C)Cc1cc(N)cc(F)c1)[C@]1(C)O[C@H]1[C@H](C)[C@@H]1C[C@@](O)(NC(=O)O1)[C@H](OC)/C=C/C=C(\C)C2. The molecule has 15 heteroatoms. The molecule has 13 nitrogen and oxygen atoms in total. The fourth-order valence-electron chi connectivity index (χ4n) is 7.22. The van der Waals surface area contributed by atoms with Crippen LogP contribution in [0, 0.1) is 11.7 Å². The van der Waals surface area contributed by atoms with Crippen molar-refractivity contribution >= 4 is 40.9 Å². The summed E-state index contributed by atoms with van der Waals surface area (Å²) in [5.74, 6) is -1.72. The number of halogens is 2. The first-order valence-electron chi connectivity index (χ1n) is 17.7. The van der Waals surface area contributed by atoms with Gasteiger partial charge < -0.3 is 39.4 Å². The number of nitrogens with zero attached hydrogens (tertiary/aromatic N) is 2. The molecule has 2 amide bonds. The number of esters is 1. The minimum Gasteiger partial charge on any atom is -0.495 e. The first kappa shape index (κ1) is 41.0. The van der Waals surface area contributed by atoms with Crippen molar-refractivity contribution in [1.82, 2.24) is 10.2 Å². The lowest BCUT2D eigenvalue weighted by Gasteiger charge is -2.42. The first-order chi connectivity index (χ1) is 25.4. The average Bonchev–Trinajstić information content (AvgIpc) is 3.80. The number of likely N-dealkylation sites (N-methyl/N-ethyl adjacent to an activating group) is 1. The second kappa shape index (κ2) is 16.3. The maximum absolute atomic E-state index is 14.2. The highest BCUT2D eigenvalue weighted by Crippen LogP contribution is 2.49. The summed E-state index contributed by atoms with van der Waals surface area (Å²) in [4.78, 5) is 43.9. The number of alkyl carbamates (subject to hydrolysis) is 1. The van der Waals surface area contributed by atoms with Crippen LogP contribution >= 0.6 is 11.6 Å². The first-order valence-corrected chi connectivity index (χ1v) is 18.1. The second-order valence-corrected chi connectivity index (χ2v) is 15.1. The summed E-state index contributed by atoms with van der Waals surface area (Å²) in [5, 5.41) is 14.5. The number of carbonyl (C=O) groups excluding carboxylic acids is 3. The number of fused-ring (bicyclic) bond motifs is 5. The number of aliphatic hydroxyl groups is 1. The molecule has 5 rings (SSSR count). The van der Waals surface area contributed by atoms with E-state index in [-0.39, 0.29) is 30.1 Å². The number of hydrogen-bond donors (Lipinski definition) is 3. The number of nitrogen functional groups attached to an aromatic ring is 1. The third-order valence-corrected chi connectivity index (χ3v) is 11.0. The van der Waals surface area contributed by atoms with Gasteiger partial charge in [0.15, 0.2) is 5.72 Å². The van der Waals surface area contributed by atoms with Gasteiger partial charge in [0.05, 0.1) is 25.3 Å². The minimum atomic E-state index is -1.83. The highest BCUT2D eigenvalue weighted by molar-refractivity contribution is 6.35. The van der Waals surface area contributed by atoms with E-state index in [0.29, 0.717) is 23.4 Å². The van der Waals surface area contributed by atoms with Crippen LogP contribution in [-0.4, -0.2) is 98.1 Å². The van der Waals surface area contributed by atoms with Crippen LogP contribution in [0.2, 0.25) is 5.02 Å². The molecule has 4 bridgehead atoms. The van der Waals surface area contributed by atoms with Crippen LogP contribution in [0.25, 0.3) is 0 Å². The summed E-state index contributed by atoms with van der Waals surface area (Å²) in [5.41, 5.74) is 5.74. The number of anilines is 2. The molecule has 0 saturated carbocycles. The number of rotatable bonds is 7. The molecule has 2 fully saturated rings. The fraction of sp³-hybridized carbons (Fsp3) is 0.513. The predicted molar refractivity (Wildman–Crippen MR) is 200 cm³/mol. The predicted octanol–water partition coefficient (Wildman–Crippen LogP) is 4.91. The van der Waals surface area contributed by atoms with Crippen molar-refractivity contribution in [3.05, 3.63) is 76.1 Å². The Bertz CT molecular complexity index is 1810. The smallest absolute Gasteiger partial charge is 0.409 e. The molecular weight excluding hydrogens is 723 g/mol. The van der Waals surface area contributed by atoms with E-state index in [9.17, 15) is 23.9 Å².